The number of rotatable bonds is 5. The number of carbonyl (C=O) groups excluding carboxylic acids is 1. The van der Waals surface area contributed by atoms with Crippen LogP contribution in [0.1, 0.15) is 18.2 Å². The number of aromatic nitrogens is 1. The van der Waals surface area contributed by atoms with E-state index in [1.807, 2.05) is 6.92 Å². The van der Waals surface area contributed by atoms with Gasteiger partial charge in [-0.25, -0.2) is 0 Å². The first-order valence-corrected chi connectivity index (χ1v) is 5.19. The standard InChI is InChI=1S/C9H14N2OS/c1-7(4-10)2-8(12)3-9-5-11-6-13-9/h5-7H,2-4,10H2,1H3. The first-order valence-electron chi connectivity index (χ1n) is 4.31. The molecule has 1 aromatic rings. The van der Waals surface area contributed by atoms with E-state index in [0.29, 0.717) is 25.3 Å². The lowest BCUT2D eigenvalue weighted by molar-refractivity contribution is -0.119. The molecule has 0 saturated carbocycles. The highest BCUT2D eigenvalue weighted by Crippen LogP contribution is 2.10. The number of thiazole rings is 1. The van der Waals surface area contributed by atoms with E-state index in [2.05, 4.69) is 4.98 Å². The molecule has 2 N–H and O–H groups in total. The van der Waals surface area contributed by atoms with Crippen LogP contribution in [0, 0.1) is 5.92 Å². The van der Waals surface area contributed by atoms with Crippen molar-refractivity contribution in [3.63, 3.8) is 0 Å². The molecule has 3 nitrogen and oxygen atoms in total. The molecule has 4 heteroatoms. The minimum absolute atomic E-state index is 0.252. The zero-order valence-corrected chi connectivity index (χ0v) is 8.51. The fourth-order valence-corrected chi connectivity index (χ4v) is 1.69. The summed E-state index contributed by atoms with van der Waals surface area (Å²) in [5.74, 6) is 0.544. The Kier molecular flexibility index (Phi) is 4.05. The summed E-state index contributed by atoms with van der Waals surface area (Å²) < 4.78 is 0. The maximum absolute atomic E-state index is 11.4. The normalized spacial score (nSPS) is 12.8. The van der Waals surface area contributed by atoms with Crippen molar-refractivity contribution in [3.05, 3.63) is 16.6 Å². The number of nitrogens with zero attached hydrogens (tertiary/aromatic N) is 1. The predicted molar refractivity (Wildman–Crippen MR) is 53.7 cm³/mol. The van der Waals surface area contributed by atoms with E-state index in [4.69, 9.17) is 5.73 Å². The molecule has 0 amide bonds. The molecule has 13 heavy (non-hydrogen) atoms. The maximum Gasteiger partial charge on any atom is 0.138 e. The summed E-state index contributed by atoms with van der Waals surface area (Å²) in [6.45, 7) is 2.57. The molecule has 72 valence electrons. The van der Waals surface area contributed by atoms with Crippen LogP contribution in [0.4, 0.5) is 0 Å². The highest BCUT2D eigenvalue weighted by molar-refractivity contribution is 7.09. The van der Waals surface area contributed by atoms with Gasteiger partial charge >= 0.3 is 0 Å². The molecule has 1 unspecified atom stereocenters. The largest absolute Gasteiger partial charge is 0.330 e. The van der Waals surface area contributed by atoms with Crippen LogP contribution in [-0.2, 0) is 11.2 Å². The number of Topliss-reactive ketones (excluding diaryl/α,β-unsaturated/α-hetero) is 1. The summed E-state index contributed by atoms with van der Waals surface area (Å²) >= 11 is 1.52. The quantitative estimate of drug-likeness (QED) is 0.774. The smallest absolute Gasteiger partial charge is 0.138 e. The summed E-state index contributed by atoms with van der Waals surface area (Å²) in [6.07, 6.45) is 2.83. The Morgan fingerprint density at radius 1 is 1.77 bits per heavy atom. The first kappa shape index (κ1) is 10.3. The van der Waals surface area contributed by atoms with Crippen LogP contribution in [-0.4, -0.2) is 17.3 Å². The van der Waals surface area contributed by atoms with Gasteiger partial charge in [0.25, 0.3) is 0 Å². The van der Waals surface area contributed by atoms with Gasteiger partial charge in [0.05, 0.1) is 5.51 Å². The van der Waals surface area contributed by atoms with Crippen LogP contribution in [0.2, 0.25) is 0 Å². The van der Waals surface area contributed by atoms with E-state index in [1.54, 1.807) is 11.7 Å². The number of hydrogen-bond donors (Lipinski definition) is 1. The van der Waals surface area contributed by atoms with Gasteiger partial charge in [-0.15, -0.1) is 11.3 Å². The predicted octanol–water partition coefficient (Wildman–Crippen LogP) is 1.24. The number of nitrogens with two attached hydrogens (primary N) is 1. The molecule has 0 aromatic carbocycles. The van der Waals surface area contributed by atoms with E-state index in [0.717, 1.165) is 4.88 Å². The van der Waals surface area contributed by atoms with Crippen molar-refractivity contribution in [2.75, 3.05) is 6.54 Å². The molecule has 1 atom stereocenters. The second-order valence-corrected chi connectivity index (χ2v) is 4.20. The van der Waals surface area contributed by atoms with E-state index in [1.165, 1.54) is 11.3 Å². The number of carbonyl (C=O) groups is 1. The minimum atomic E-state index is 0.252. The van der Waals surface area contributed by atoms with Gasteiger partial charge in [0.2, 0.25) is 0 Å². The molecule has 0 bridgehead atoms. The molecule has 0 aliphatic rings. The van der Waals surface area contributed by atoms with Crippen molar-refractivity contribution in [2.24, 2.45) is 11.7 Å². The highest BCUT2D eigenvalue weighted by atomic mass is 32.1. The summed E-state index contributed by atoms with van der Waals surface area (Å²) in [5, 5.41) is 0. The molecule has 0 radical (unpaired) electrons. The Morgan fingerprint density at radius 3 is 3.08 bits per heavy atom. The maximum atomic E-state index is 11.4. The lowest BCUT2D eigenvalue weighted by atomic mass is 10.0. The van der Waals surface area contributed by atoms with E-state index in [-0.39, 0.29) is 5.78 Å². The third kappa shape index (κ3) is 3.65. The molecule has 0 aliphatic heterocycles. The van der Waals surface area contributed by atoms with Gasteiger partial charge in [0.15, 0.2) is 0 Å². The molecular weight excluding hydrogens is 184 g/mol. The van der Waals surface area contributed by atoms with Crippen LogP contribution in [0.3, 0.4) is 0 Å². The SMILES string of the molecule is CC(CN)CC(=O)Cc1cncs1. The Bertz CT molecular complexity index is 259. The third-order valence-electron chi connectivity index (χ3n) is 1.83. The molecule has 0 spiro atoms. The van der Waals surface area contributed by atoms with Gasteiger partial charge in [-0.2, -0.15) is 0 Å². The molecule has 1 rings (SSSR count). The summed E-state index contributed by atoms with van der Waals surface area (Å²) in [4.78, 5) is 16.4. The molecule has 1 heterocycles. The molecular formula is C9H14N2OS. The monoisotopic (exact) mass is 198 g/mol. The van der Waals surface area contributed by atoms with Crippen LogP contribution in [0.25, 0.3) is 0 Å². The molecule has 0 saturated heterocycles. The van der Waals surface area contributed by atoms with Crippen LogP contribution in [0.5, 0.6) is 0 Å². The fraction of sp³-hybridized carbons (Fsp3) is 0.556. The molecule has 0 aliphatic carbocycles. The Morgan fingerprint density at radius 2 is 2.54 bits per heavy atom. The number of ketones is 1. The van der Waals surface area contributed by atoms with Crippen molar-refractivity contribution < 1.29 is 4.79 Å². The number of hydrogen-bond acceptors (Lipinski definition) is 4. The Balaban J connectivity index is 2.34. The van der Waals surface area contributed by atoms with Crippen molar-refractivity contribution in [3.8, 4) is 0 Å². The van der Waals surface area contributed by atoms with Crippen LogP contribution in [0.15, 0.2) is 11.7 Å². The summed E-state index contributed by atoms with van der Waals surface area (Å²) in [5.41, 5.74) is 7.18. The van der Waals surface area contributed by atoms with Crippen LogP contribution < -0.4 is 5.73 Å². The minimum Gasteiger partial charge on any atom is -0.330 e. The van der Waals surface area contributed by atoms with E-state index < -0.39 is 0 Å². The van der Waals surface area contributed by atoms with Gasteiger partial charge in [0, 0.05) is 23.9 Å². The van der Waals surface area contributed by atoms with E-state index in [9.17, 15) is 4.79 Å². The summed E-state index contributed by atoms with van der Waals surface area (Å²) in [7, 11) is 0. The van der Waals surface area contributed by atoms with Gasteiger partial charge in [-0.3, -0.25) is 9.78 Å². The van der Waals surface area contributed by atoms with Crippen molar-refractivity contribution in [1.82, 2.24) is 4.98 Å². The van der Waals surface area contributed by atoms with Crippen molar-refractivity contribution in [1.29, 1.82) is 0 Å². The molecule has 0 fully saturated rings. The Hall–Kier alpha value is -0.740. The first-order chi connectivity index (χ1) is 6.22. The zero-order valence-electron chi connectivity index (χ0n) is 7.69. The van der Waals surface area contributed by atoms with E-state index >= 15 is 0 Å². The summed E-state index contributed by atoms with van der Waals surface area (Å²) in [6, 6.07) is 0. The van der Waals surface area contributed by atoms with Crippen LogP contribution >= 0.6 is 11.3 Å². The Labute approximate surface area is 82.0 Å². The van der Waals surface area contributed by atoms with Gasteiger partial charge in [-0.05, 0) is 12.5 Å². The van der Waals surface area contributed by atoms with Crippen molar-refractivity contribution >= 4 is 17.1 Å². The average Bonchev–Trinajstić information content (AvgIpc) is 2.56. The topological polar surface area (TPSA) is 56.0 Å². The second-order valence-electron chi connectivity index (χ2n) is 3.23. The second kappa shape index (κ2) is 5.09. The van der Waals surface area contributed by atoms with Crippen molar-refractivity contribution in [2.45, 2.75) is 19.8 Å². The lowest BCUT2D eigenvalue weighted by Gasteiger charge is -2.05. The molecule has 1 aromatic heterocycles. The third-order valence-corrected chi connectivity index (χ3v) is 2.61. The van der Waals surface area contributed by atoms with Gasteiger partial charge < -0.3 is 5.73 Å². The highest BCUT2D eigenvalue weighted by Gasteiger charge is 2.08. The average molecular weight is 198 g/mol. The van der Waals surface area contributed by atoms with Gasteiger partial charge in [-0.1, -0.05) is 6.92 Å². The zero-order chi connectivity index (χ0) is 9.68. The lowest BCUT2D eigenvalue weighted by Crippen LogP contribution is -2.15. The fourth-order valence-electron chi connectivity index (χ4n) is 1.07. The van der Waals surface area contributed by atoms with Gasteiger partial charge in [0.1, 0.15) is 5.78 Å².